The highest BCUT2D eigenvalue weighted by Gasteiger charge is 2.16. The molecule has 0 amide bonds. The fourth-order valence-corrected chi connectivity index (χ4v) is 1.82. The number of hydrogen-bond donors (Lipinski definition) is 1. The largest absolute Gasteiger partial charge is 0.481 e. The van der Waals surface area contributed by atoms with Gasteiger partial charge in [0, 0.05) is 5.02 Å². The van der Waals surface area contributed by atoms with Crippen LogP contribution in [0.2, 0.25) is 5.02 Å². The van der Waals surface area contributed by atoms with E-state index in [9.17, 15) is 4.79 Å². The molecule has 0 saturated heterocycles. The monoisotopic (exact) mass is 226 g/mol. The lowest BCUT2D eigenvalue weighted by atomic mass is 9.95. The zero-order valence-corrected chi connectivity index (χ0v) is 9.50. The Morgan fingerprint density at radius 3 is 2.80 bits per heavy atom. The Balaban J connectivity index is 2.69. The Morgan fingerprint density at radius 1 is 1.53 bits per heavy atom. The predicted octanol–water partition coefficient (Wildman–Crippen LogP) is 3.38. The van der Waals surface area contributed by atoms with Crippen LogP contribution in [0.1, 0.15) is 25.3 Å². The van der Waals surface area contributed by atoms with E-state index in [2.05, 4.69) is 0 Å². The molecule has 0 aliphatic heterocycles. The summed E-state index contributed by atoms with van der Waals surface area (Å²) < 4.78 is 0. The zero-order chi connectivity index (χ0) is 11.3. The molecule has 0 heterocycles. The summed E-state index contributed by atoms with van der Waals surface area (Å²) in [6, 6.07) is 7.38. The van der Waals surface area contributed by atoms with E-state index in [-0.39, 0.29) is 5.92 Å². The van der Waals surface area contributed by atoms with E-state index >= 15 is 0 Å². The molecule has 0 saturated carbocycles. The molecule has 15 heavy (non-hydrogen) atoms. The number of carbonyl (C=O) groups is 1. The van der Waals surface area contributed by atoms with Crippen molar-refractivity contribution in [2.75, 3.05) is 0 Å². The summed E-state index contributed by atoms with van der Waals surface area (Å²) >= 11 is 5.84. The van der Waals surface area contributed by atoms with E-state index < -0.39 is 5.97 Å². The van der Waals surface area contributed by atoms with Gasteiger partial charge in [0.05, 0.1) is 5.92 Å². The van der Waals surface area contributed by atoms with Crippen molar-refractivity contribution in [3.63, 3.8) is 0 Å². The first-order valence-electron chi connectivity index (χ1n) is 5.10. The van der Waals surface area contributed by atoms with E-state index in [1.807, 2.05) is 25.1 Å². The molecular formula is C12H15ClO2. The fourth-order valence-electron chi connectivity index (χ4n) is 1.61. The maximum atomic E-state index is 10.9. The number of rotatable bonds is 5. The summed E-state index contributed by atoms with van der Waals surface area (Å²) in [5, 5.41) is 9.66. The van der Waals surface area contributed by atoms with Crippen molar-refractivity contribution in [2.45, 2.75) is 26.2 Å². The first-order chi connectivity index (χ1) is 7.13. The summed E-state index contributed by atoms with van der Waals surface area (Å²) in [6.07, 6.45) is 2.16. The van der Waals surface area contributed by atoms with Gasteiger partial charge in [0.25, 0.3) is 0 Å². The molecule has 0 aliphatic rings. The molecule has 0 aliphatic carbocycles. The maximum absolute atomic E-state index is 10.9. The highest BCUT2D eigenvalue weighted by Crippen LogP contribution is 2.17. The highest BCUT2D eigenvalue weighted by molar-refractivity contribution is 6.30. The topological polar surface area (TPSA) is 37.3 Å². The second-order valence-corrected chi connectivity index (χ2v) is 4.09. The van der Waals surface area contributed by atoms with Crippen LogP contribution >= 0.6 is 11.6 Å². The van der Waals surface area contributed by atoms with Crippen LogP contribution in [0.25, 0.3) is 0 Å². The molecule has 1 rings (SSSR count). The minimum Gasteiger partial charge on any atom is -0.481 e. The third-order valence-corrected chi connectivity index (χ3v) is 2.59. The highest BCUT2D eigenvalue weighted by atomic mass is 35.5. The number of benzene rings is 1. The maximum Gasteiger partial charge on any atom is 0.306 e. The van der Waals surface area contributed by atoms with Gasteiger partial charge in [-0.25, -0.2) is 0 Å². The summed E-state index contributed by atoms with van der Waals surface area (Å²) in [5.41, 5.74) is 0.989. The van der Waals surface area contributed by atoms with Gasteiger partial charge in [-0.2, -0.15) is 0 Å². The van der Waals surface area contributed by atoms with Crippen LogP contribution in [0.5, 0.6) is 0 Å². The molecular weight excluding hydrogens is 212 g/mol. The molecule has 0 aromatic heterocycles. The smallest absolute Gasteiger partial charge is 0.306 e. The van der Waals surface area contributed by atoms with E-state index in [0.717, 1.165) is 12.0 Å². The summed E-state index contributed by atoms with van der Waals surface area (Å²) in [5.74, 6) is -1.02. The second kappa shape index (κ2) is 5.76. The van der Waals surface area contributed by atoms with Crippen molar-refractivity contribution in [3.8, 4) is 0 Å². The molecule has 1 aromatic rings. The fraction of sp³-hybridized carbons (Fsp3) is 0.417. The first kappa shape index (κ1) is 12.1. The van der Waals surface area contributed by atoms with Gasteiger partial charge >= 0.3 is 5.97 Å². The van der Waals surface area contributed by atoms with Gasteiger partial charge in [0.2, 0.25) is 0 Å². The van der Waals surface area contributed by atoms with Gasteiger partial charge < -0.3 is 5.11 Å². The molecule has 0 bridgehead atoms. The molecule has 1 unspecified atom stereocenters. The third-order valence-electron chi connectivity index (χ3n) is 2.36. The van der Waals surface area contributed by atoms with Crippen LogP contribution in [-0.2, 0) is 11.2 Å². The number of hydrogen-bond acceptors (Lipinski definition) is 1. The standard InChI is InChI=1S/C12H15ClO2/c1-2-4-10(12(14)15)7-9-5-3-6-11(13)8-9/h3,5-6,8,10H,2,4,7H2,1H3,(H,14,15). The van der Waals surface area contributed by atoms with Crippen molar-refractivity contribution in [2.24, 2.45) is 5.92 Å². The quantitative estimate of drug-likeness (QED) is 0.836. The number of aliphatic carboxylic acids is 1. The third kappa shape index (κ3) is 3.92. The summed E-state index contributed by atoms with van der Waals surface area (Å²) in [7, 11) is 0. The Morgan fingerprint density at radius 2 is 2.27 bits per heavy atom. The number of carboxylic acids is 1. The van der Waals surface area contributed by atoms with Crippen molar-refractivity contribution >= 4 is 17.6 Å². The average Bonchev–Trinajstić information content (AvgIpc) is 2.17. The normalized spacial score (nSPS) is 12.4. The lowest BCUT2D eigenvalue weighted by molar-refractivity contribution is -0.141. The molecule has 0 spiro atoms. The molecule has 1 N–H and O–H groups in total. The predicted molar refractivity (Wildman–Crippen MR) is 61.2 cm³/mol. The van der Waals surface area contributed by atoms with E-state index in [0.29, 0.717) is 17.9 Å². The van der Waals surface area contributed by atoms with Gasteiger partial charge in [0.1, 0.15) is 0 Å². The van der Waals surface area contributed by atoms with E-state index in [4.69, 9.17) is 16.7 Å². The minimum atomic E-state index is -0.725. The van der Waals surface area contributed by atoms with Crippen molar-refractivity contribution in [1.82, 2.24) is 0 Å². The Kier molecular flexibility index (Phi) is 4.63. The number of halogens is 1. The van der Waals surface area contributed by atoms with Gasteiger partial charge in [-0.05, 0) is 30.5 Å². The van der Waals surface area contributed by atoms with Gasteiger partial charge in [-0.15, -0.1) is 0 Å². The zero-order valence-electron chi connectivity index (χ0n) is 8.74. The Hall–Kier alpha value is -1.02. The van der Waals surface area contributed by atoms with Crippen LogP contribution in [0.15, 0.2) is 24.3 Å². The molecule has 82 valence electrons. The first-order valence-corrected chi connectivity index (χ1v) is 5.48. The summed E-state index contributed by atoms with van der Waals surface area (Å²) in [4.78, 5) is 10.9. The molecule has 1 aromatic carbocycles. The summed E-state index contributed by atoms with van der Waals surface area (Å²) in [6.45, 7) is 1.99. The Bertz CT molecular complexity index is 336. The minimum absolute atomic E-state index is 0.298. The van der Waals surface area contributed by atoms with Crippen LogP contribution in [0.4, 0.5) is 0 Å². The van der Waals surface area contributed by atoms with Gasteiger partial charge in [-0.3, -0.25) is 4.79 Å². The molecule has 0 radical (unpaired) electrons. The molecule has 0 fully saturated rings. The molecule has 2 nitrogen and oxygen atoms in total. The van der Waals surface area contributed by atoms with Crippen LogP contribution in [0, 0.1) is 5.92 Å². The average molecular weight is 227 g/mol. The second-order valence-electron chi connectivity index (χ2n) is 3.66. The van der Waals surface area contributed by atoms with Gasteiger partial charge in [-0.1, -0.05) is 37.1 Å². The van der Waals surface area contributed by atoms with Crippen LogP contribution in [0.3, 0.4) is 0 Å². The van der Waals surface area contributed by atoms with Crippen molar-refractivity contribution in [1.29, 1.82) is 0 Å². The SMILES string of the molecule is CCCC(Cc1cccc(Cl)c1)C(=O)O. The molecule has 3 heteroatoms. The van der Waals surface area contributed by atoms with Gasteiger partial charge in [0.15, 0.2) is 0 Å². The Labute approximate surface area is 94.9 Å². The van der Waals surface area contributed by atoms with E-state index in [1.54, 1.807) is 6.07 Å². The lowest BCUT2D eigenvalue weighted by Crippen LogP contribution is -2.16. The number of carboxylic acid groups (broad SMARTS) is 1. The van der Waals surface area contributed by atoms with Crippen molar-refractivity contribution < 1.29 is 9.90 Å². The molecule has 1 atom stereocenters. The van der Waals surface area contributed by atoms with E-state index in [1.165, 1.54) is 0 Å². The lowest BCUT2D eigenvalue weighted by Gasteiger charge is -2.10. The van der Waals surface area contributed by atoms with Crippen LogP contribution < -0.4 is 0 Å². The van der Waals surface area contributed by atoms with Crippen LogP contribution in [-0.4, -0.2) is 11.1 Å². The van der Waals surface area contributed by atoms with Crippen molar-refractivity contribution in [3.05, 3.63) is 34.9 Å².